The number of carbonyl (C=O) groups is 1. The Morgan fingerprint density at radius 2 is 2.29 bits per heavy atom. The molecule has 1 N–H and O–H groups in total. The zero-order valence-electron chi connectivity index (χ0n) is 6.92. The molecule has 1 aromatic carbocycles. The zero-order chi connectivity index (χ0) is 10.7. The molecule has 0 bridgehead atoms. The third-order valence-corrected chi connectivity index (χ3v) is 2.25. The van der Waals surface area contributed by atoms with Crippen molar-refractivity contribution in [2.75, 3.05) is 0 Å². The van der Waals surface area contributed by atoms with Crippen LogP contribution in [0.15, 0.2) is 16.6 Å². The predicted molar refractivity (Wildman–Crippen MR) is 50.2 cm³/mol. The van der Waals surface area contributed by atoms with Crippen LogP contribution in [0.5, 0.6) is 0 Å². The fourth-order valence-electron chi connectivity index (χ4n) is 1.02. The second kappa shape index (κ2) is 4.20. The molecule has 3 nitrogen and oxygen atoms in total. The number of carboxylic acid groups (broad SMARTS) is 1. The Hall–Kier alpha value is -1.41. The minimum absolute atomic E-state index is 0.156. The Morgan fingerprint density at radius 3 is 2.79 bits per heavy atom. The van der Waals surface area contributed by atoms with E-state index in [1.807, 2.05) is 0 Å². The smallest absolute Gasteiger partial charge is 0.307 e. The number of hydrogen-bond acceptors (Lipinski definition) is 2. The Labute approximate surface area is 87.9 Å². The molecule has 1 aromatic rings. The second-order valence-corrected chi connectivity index (χ2v) is 3.43. The standard InChI is InChI=1S/C9H5BrFNO2/c10-7-2-1-5(3-8(13)14)6(4-12)9(7)11/h1-2H,3H2,(H,13,14). The molecule has 14 heavy (non-hydrogen) atoms. The molecule has 0 aliphatic carbocycles. The zero-order valence-corrected chi connectivity index (χ0v) is 8.51. The summed E-state index contributed by atoms with van der Waals surface area (Å²) < 4.78 is 13.4. The molecule has 0 aliphatic rings. The molecule has 0 amide bonds. The van der Waals surface area contributed by atoms with Gasteiger partial charge in [-0.3, -0.25) is 4.79 Å². The highest BCUT2D eigenvalue weighted by Crippen LogP contribution is 2.22. The molecule has 0 fully saturated rings. The molecule has 0 spiro atoms. The molecule has 0 heterocycles. The minimum atomic E-state index is -1.09. The normalized spacial score (nSPS) is 9.50. The van der Waals surface area contributed by atoms with Gasteiger partial charge in [-0.05, 0) is 27.6 Å². The van der Waals surface area contributed by atoms with Crippen LogP contribution in [-0.4, -0.2) is 11.1 Å². The molecule has 0 aromatic heterocycles. The molecular formula is C9H5BrFNO2. The number of nitriles is 1. The molecule has 0 saturated heterocycles. The molecule has 0 atom stereocenters. The fourth-order valence-corrected chi connectivity index (χ4v) is 1.35. The quantitative estimate of drug-likeness (QED) is 0.883. The van der Waals surface area contributed by atoms with Crippen molar-refractivity contribution >= 4 is 21.9 Å². The van der Waals surface area contributed by atoms with Crippen LogP contribution in [0.1, 0.15) is 11.1 Å². The third kappa shape index (κ3) is 2.09. The fraction of sp³-hybridized carbons (Fsp3) is 0.111. The summed E-state index contributed by atoms with van der Waals surface area (Å²) in [6.45, 7) is 0. The average Bonchev–Trinajstić information content (AvgIpc) is 2.11. The van der Waals surface area contributed by atoms with Gasteiger partial charge in [-0.2, -0.15) is 5.26 Å². The average molecular weight is 258 g/mol. The van der Waals surface area contributed by atoms with Gasteiger partial charge < -0.3 is 5.11 Å². The summed E-state index contributed by atoms with van der Waals surface area (Å²) in [6.07, 6.45) is -0.354. The summed E-state index contributed by atoms with van der Waals surface area (Å²) in [7, 11) is 0. The van der Waals surface area contributed by atoms with Crippen molar-refractivity contribution in [3.05, 3.63) is 33.5 Å². The molecule has 0 radical (unpaired) electrons. The van der Waals surface area contributed by atoms with Crippen molar-refractivity contribution in [1.82, 2.24) is 0 Å². The van der Waals surface area contributed by atoms with Crippen LogP contribution in [0, 0.1) is 17.1 Å². The minimum Gasteiger partial charge on any atom is -0.481 e. The second-order valence-electron chi connectivity index (χ2n) is 2.58. The van der Waals surface area contributed by atoms with Gasteiger partial charge in [-0.15, -0.1) is 0 Å². The lowest BCUT2D eigenvalue weighted by Gasteiger charge is -2.02. The van der Waals surface area contributed by atoms with E-state index in [9.17, 15) is 9.18 Å². The van der Waals surface area contributed by atoms with E-state index >= 15 is 0 Å². The first-order valence-electron chi connectivity index (χ1n) is 3.65. The summed E-state index contributed by atoms with van der Waals surface area (Å²) >= 11 is 2.91. The maximum atomic E-state index is 13.3. The molecule has 1 rings (SSSR count). The van der Waals surface area contributed by atoms with Gasteiger partial charge in [0.2, 0.25) is 0 Å². The first kappa shape index (κ1) is 10.7. The number of aliphatic carboxylic acids is 1. The maximum absolute atomic E-state index is 13.3. The van der Waals surface area contributed by atoms with Gasteiger partial charge in [0.1, 0.15) is 6.07 Å². The summed E-state index contributed by atoms with van der Waals surface area (Å²) in [5.41, 5.74) is -0.0394. The summed E-state index contributed by atoms with van der Waals surface area (Å²) in [5.74, 6) is -1.81. The van der Waals surface area contributed by atoms with E-state index in [4.69, 9.17) is 10.4 Å². The Balaban J connectivity index is 3.26. The van der Waals surface area contributed by atoms with Gasteiger partial charge in [0.15, 0.2) is 5.82 Å². The topological polar surface area (TPSA) is 61.1 Å². The number of halogens is 2. The molecule has 72 valence electrons. The lowest BCUT2D eigenvalue weighted by Crippen LogP contribution is -2.04. The summed E-state index contributed by atoms with van der Waals surface area (Å²) in [6, 6.07) is 4.44. The molecule has 0 unspecified atom stereocenters. The van der Waals surface area contributed by atoms with E-state index in [0.29, 0.717) is 0 Å². The van der Waals surface area contributed by atoms with Crippen LogP contribution in [0.2, 0.25) is 0 Å². The van der Waals surface area contributed by atoms with Gasteiger partial charge in [-0.1, -0.05) is 6.07 Å². The van der Waals surface area contributed by atoms with Crippen molar-refractivity contribution < 1.29 is 14.3 Å². The van der Waals surface area contributed by atoms with E-state index in [1.54, 1.807) is 6.07 Å². The number of rotatable bonds is 2. The van der Waals surface area contributed by atoms with Crippen molar-refractivity contribution in [1.29, 1.82) is 5.26 Å². The van der Waals surface area contributed by atoms with E-state index in [-0.39, 0.29) is 22.0 Å². The lowest BCUT2D eigenvalue weighted by molar-refractivity contribution is -0.136. The van der Waals surface area contributed by atoms with Crippen molar-refractivity contribution in [3.63, 3.8) is 0 Å². The van der Waals surface area contributed by atoms with E-state index in [2.05, 4.69) is 15.9 Å². The summed E-state index contributed by atoms with van der Waals surface area (Å²) in [4.78, 5) is 10.4. The molecule has 0 aliphatic heterocycles. The molecular weight excluding hydrogens is 253 g/mol. The van der Waals surface area contributed by atoms with Gasteiger partial charge in [0.05, 0.1) is 16.5 Å². The maximum Gasteiger partial charge on any atom is 0.307 e. The van der Waals surface area contributed by atoms with E-state index in [1.165, 1.54) is 12.1 Å². The van der Waals surface area contributed by atoms with E-state index < -0.39 is 11.8 Å². The predicted octanol–water partition coefficient (Wildman–Crippen LogP) is 2.09. The van der Waals surface area contributed by atoms with Gasteiger partial charge in [-0.25, -0.2) is 4.39 Å². The van der Waals surface area contributed by atoms with Crippen LogP contribution in [0.25, 0.3) is 0 Å². The van der Waals surface area contributed by atoms with Crippen molar-refractivity contribution in [2.24, 2.45) is 0 Å². The van der Waals surface area contributed by atoms with Crippen molar-refractivity contribution in [3.8, 4) is 6.07 Å². The molecule has 5 heteroatoms. The van der Waals surface area contributed by atoms with Crippen LogP contribution >= 0.6 is 15.9 Å². The number of benzene rings is 1. The monoisotopic (exact) mass is 257 g/mol. The number of hydrogen-bond donors (Lipinski definition) is 1. The molecule has 0 saturated carbocycles. The van der Waals surface area contributed by atoms with Crippen LogP contribution in [0.4, 0.5) is 4.39 Å². The lowest BCUT2D eigenvalue weighted by atomic mass is 10.1. The SMILES string of the molecule is N#Cc1c(CC(=O)O)ccc(Br)c1F. The van der Waals surface area contributed by atoms with Crippen LogP contribution in [-0.2, 0) is 11.2 Å². The highest BCUT2D eigenvalue weighted by Gasteiger charge is 2.13. The summed E-state index contributed by atoms with van der Waals surface area (Å²) in [5, 5.41) is 17.1. The Bertz CT molecular complexity index is 426. The largest absolute Gasteiger partial charge is 0.481 e. The van der Waals surface area contributed by atoms with Crippen LogP contribution < -0.4 is 0 Å². The highest BCUT2D eigenvalue weighted by molar-refractivity contribution is 9.10. The first-order chi connectivity index (χ1) is 6.56. The van der Waals surface area contributed by atoms with Gasteiger partial charge in [0, 0.05) is 0 Å². The number of carboxylic acids is 1. The van der Waals surface area contributed by atoms with Crippen LogP contribution in [0.3, 0.4) is 0 Å². The Morgan fingerprint density at radius 1 is 1.64 bits per heavy atom. The Kier molecular flexibility index (Phi) is 3.20. The van der Waals surface area contributed by atoms with Crippen molar-refractivity contribution in [2.45, 2.75) is 6.42 Å². The highest BCUT2D eigenvalue weighted by atomic mass is 79.9. The third-order valence-electron chi connectivity index (χ3n) is 1.63. The van der Waals surface area contributed by atoms with Gasteiger partial charge >= 0.3 is 5.97 Å². The first-order valence-corrected chi connectivity index (χ1v) is 4.44. The van der Waals surface area contributed by atoms with Gasteiger partial charge in [0.25, 0.3) is 0 Å². The number of nitrogens with zero attached hydrogens (tertiary/aromatic N) is 1. The van der Waals surface area contributed by atoms with E-state index in [0.717, 1.165) is 0 Å².